The third kappa shape index (κ3) is 4.49. The van der Waals surface area contributed by atoms with Gasteiger partial charge in [0.25, 0.3) is 0 Å². The van der Waals surface area contributed by atoms with Crippen LogP contribution in [-0.4, -0.2) is 55.3 Å². The van der Waals surface area contributed by atoms with E-state index < -0.39 is 5.60 Å². The number of rotatable bonds is 5. The van der Waals surface area contributed by atoms with Gasteiger partial charge in [0.2, 0.25) is 11.8 Å². The summed E-state index contributed by atoms with van der Waals surface area (Å²) in [6.07, 6.45) is 4.67. The molecule has 2 aromatic heterocycles. The summed E-state index contributed by atoms with van der Waals surface area (Å²) in [7, 11) is 0. The fraction of sp³-hybridized carbons (Fsp3) is 0.364. The van der Waals surface area contributed by atoms with Gasteiger partial charge in [-0.25, -0.2) is 0 Å². The van der Waals surface area contributed by atoms with Crippen LogP contribution in [0.15, 0.2) is 48.8 Å². The third-order valence-electron chi connectivity index (χ3n) is 5.51. The number of pyridine rings is 1. The number of nitrogens with zero attached hydrogens (tertiary/aromatic N) is 4. The van der Waals surface area contributed by atoms with E-state index in [2.05, 4.69) is 15.4 Å². The first kappa shape index (κ1) is 20.0. The van der Waals surface area contributed by atoms with Crippen molar-refractivity contribution in [1.82, 2.24) is 19.7 Å². The molecule has 8 heteroatoms. The molecule has 30 heavy (non-hydrogen) atoms. The van der Waals surface area contributed by atoms with Crippen LogP contribution in [0.25, 0.3) is 10.9 Å². The molecular weight excluding hydrogens is 382 g/mol. The normalized spacial score (nSPS) is 15.9. The highest BCUT2D eigenvalue weighted by Crippen LogP contribution is 2.27. The zero-order valence-corrected chi connectivity index (χ0v) is 16.9. The smallest absolute Gasteiger partial charge is 0.228 e. The lowest BCUT2D eigenvalue weighted by Gasteiger charge is -2.38. The largest absolute Gasteiger partial charge is 0.388 e. The molecule has 0 radical (unpaired) electrons. The maximum Gasteiger partial charge on any atom is 0.228 e. The fourth-order valence-corrected chi connectivity index (χ4v) is 3.86. The summed E-state index contributed by atoms with van der Waals surface area (Å²) in [5.74, 6) is -0.109. The predicted molar refractivity (Wildman–Crippen MR) is 113 cm³/mol. The molecule has 8 nitrogen and oxygen atoms in total. The van der Waals surface area contributed by atoms with Crippen molar-refractivity contribution in [3.05, 3.63) is 54.5 Å². The first-order chi connectivity index (χ1) is 14.4. The van der Waals surface area contributed by atoms with E-state index in [0.29, 0.717) is 38.2 Å². The lowest BCUT2D eigenvalue weighted by atomic mass is 9.91. The lowest BCUT2D eigenvalue weighted by molar-refractivity contribution is -0.135. The minimum Gasteiger partial charge on any atom is -0.388 e. The summed E-state index contributed by atoms with van der Waals surface area (Å²) in [5.41, 5.74) is 1.36. The van der Waals surface area contributed by atoms with Gasteiger partial charge < -0.3 is 15.3 Å². The quantitative estimate of drug-likeness (QED) is 0.674. The second-order valence-electron chi connectivity index (χ2n) is 7.86. The number of hydrogen-bond donors (Lipinski definition) is 2. The van der Waals surface area contributed by atoms with Crippen LogP contribution in [0.4, 0.5) is 5.69 Å². The summed E-state index contributed by atoms with van der Waals surface area (Å²) in [6, 6.07) is 11.1. The minimum absolute atomic E-state index is 0.0280. The number of piperidine rings is 1. The first-order valence-electron chi connectivity index (χ1n) is 10.1. The molecule has 4 rings (SSSR count). The summed E-state index contributed by atoms with van der Waals surface area (Å²) >= 11 is 0. The molecule has 0 aliphatic carbocycles. The van der Waals surface area contributed by atoms with Crippen molar-refractivity contribution < 1.29 is 14.7 Å². The highest BCUT2D eigenvalue weighted by atomic mass is 16.3. The second-order valence-corrected chi connectivity index (χ2v) is 7.86. The van der Waals surface area contributed by atoms with Crippen LogP contribution in [0, 0.1) is 0 Å². The maximum atomic E-state index is 12.5. The van der Waals surface area contributed by atoms with Crippen molar-refractivity contribution in [3.8, 4) is 0 Å². The van der Waals surface area contributed by atoms with Crippen molar-refractivity contribution >= 4 is 28.4 Å². The van der Waals surface area contributed by atoms with Gasteiger partial charge in [0.15, 0.2) is 0 Å². The number of fused-ring (bicyclic) bond motifs is 1. The average molecular weight is 407 g/mol. The highest BCUT2D eigenvalue weighted by molar-refractivity contribution is 5.92. The Bertz CT molecular complexity index is 1060. The van der Waals surface area contributed by atoms with Crippen LogP contribution in [0.2, 0.25) is 0 Å². The number of nitrogens with one attached hydrogen (secondary N) is 1. The Morgan fingerprint density at radius 1 is 1.20 bits per heavy atom. The summed E-state index contributed by atoms with van der Waals surface area (Å²) in [5, 5.41) is 19.3. The van der Waals surface area contributed by atoms with Gasteiger partial charge in [-0.05, 0) is 43.2 Å². The van der Waals surface area contributed by atoms with Crippen molar-refractivity contribution in [3.63, 3.8) is 0 Å². The van der Waals surface area contributed by atoms with Gasteiger partial charge in [-0.2, -0.15) is 5.10 Å². The Balaban J connectivity index is 1.41. The molecule has 0 spiro atoms. The SMILES string of the molecule is CC(=O)Nc1ccc2cnn(CC3(O)CCN(C(=O)Cc4ccccn4)CC3)c2c1. The Hall–Kier alpha value is -3.26. The van der Waals surface area contributed by atoms with Crippen molar-refractivity contribution in [2.24, 2.45) is 0 Å². The molecule has 3 aromatic rings. The number of anilines is 1. The molecule has 1 fully saturated rings. The van der Waals surface area contributed by atoms with E-state index >= 15 is 0 Å². The van der Waals surface area contributed by atoms with E-state index in [4.69, 9.17) is 0 Å². The molecule has 0 bridgehead atoms. The molecule has 1 aliphatic rings. The Morgan fingerprint density at radius 2 is 2.00 bits per heavy atom. The van der Waals surface area contributed by atoms with Gasteiger partial charge in [0, 0.05) is 43.0 Å². The van der Waals surface area contributed by atoms with Crippen LogP contribution in [0.1, 0.15) is 25.5 Å². The maximum absolute atomic E-state index is 12.5. The minimum atomic E-state index is -0.940. The molecule has 1 aromatic carbocycles. The lowest BCUT2D eigenvalue weighted by Crippen LogP contribution is -2.49. The predicted octanol–water partition coefficient (Wildman–Crippen LogP) is 1.99. The van der Waals surface area contributed by atoms with E-state index in [1.807, 2.05) is 36.4 Å². The second kappa shape index (κ2) is 8.23. The van der Waals surface area contributed by atoms with Crippen molar-refractivity contribution in [2.45, 2.75) is 38.3 Å². The molecule has 1 aliphatic heterocycles. The number of carbonyl (C=O) groups is 2. The molecule has 2 N–H and O–H groups in total. The third-order valence-corrected chi connectivity index (χ3v) is 5.51. The summed E-state index contributed by atoms with van der Waals surface area (Å²) in [6.45, 7) is 2.80. The monoisotopic (exact) mass is 407 g/mol. The number of benzene rings is 1. The average Bonchev–Trinajstić information content (AvgIpc) is 3.10. The number of aliphatic hydroxyl groups is 1. The van der Waals surface area contributed by atoms with Crippen LogP contribution < -0.4 is 5.32 Å². The van der Waals surface area contributed by atoms with E-state index in [9.17, 15) is 14.7 Å². The van der Waals surface area contributed by atoms with Gasteiger partial charge in [0.05, 0.1) is 30.3 Å². The molecule has 1 saturated heterocycles. The van der Waals surface area contributed by atoms with Gasteiger partial charge in [-0.1, -0.05) is 6.07 Å². The molecule has 0 saturated carbocycles. The molecule has 0 atom stereocenters. The van der Waals surface area contributed by atoms with Crippen LogP contribution in [0.3, 0.4) is 0 Å². The summed E-state index contributed by atoms with van der Waals surface area (Å²) in [4.78, 5) is 29.9. The fourth-order valence-electron chi connectivity index (χ4n) is 3.86. The van der Waals surface area contributed by atoms with Gasteiger partial charge in [-0.15, -0.1) is 0 Å². The Labute approximate surface area is 174 Å². The molecular formula is C22H25N5O3. The number of amides is 2. The molecule has 3 heterocycles. The van der Waals surface area contributed by atoms with Crippen LogP contribution >= 0.6 is 0 Å². The number of hydrogen-bond acceptors (Lipinski definition) is 5. The van der Waals surface area contributed by atoms with E-state index in [1.54, 1.807) is 22.0 Å². The summed E-state index contributed by atoms with van der Waals surface area (Å²) < 4.78 is 1.77. The van der Waals surface area contributed by atoms with Crippen LogP contribution in [0.5, 0.6) is 0 Å². The number of carbonyl (C=O) groups excluding carboxylic acids is 2. The number of aromatic nitrogens is 3. The van der Waals surface area contributed by atoms with Crippen molar-refractivity contribution in [1.29, 1.82) is 0 Å². The molecule has 156 valence electrons. The number of likely N-dealkylation sites (tertiary alicyclic amines) is 1. The highest BCUT2D eigenvalue weighted by Gasteiger charge is 2.35. The van der Waals surface area contributed by atoms with Gasteiger partial charge in [0.1, 0.15) is 0 Å². The Kier molecular flexibility index (Phi) is 5.50. The topological polar surface area (TPSA) is 100 Å². The molecule has 2 amide bonds. The Morgan fingerprint density at radius 3 is 2.70 bits per heavy atom. The van der Waals surface area contributed by atoms with Crippen LogP contribution in [-0.2, 0) is 22.6 Å². The van der Waals surface area contributed by atoms with Gasteiger partial charge >= 0.3 is 0 Å². The zero-order valence-electron chi connectivity index (χ0n) is 16.9. The first-order valence-corrected chi connectivity index (χ1v) is 10.1. The standard InChI is InChI=1S/C22H25N5O3/c1-16(28)25-19-6-5-17-14-24-27(20(17)12-19)15-22(30)7-10-26(11-8-22)21(29)13-18-4-2-3-9-23-18/h2-6,9,12,14,30H,7-8,10-11,13,15H2,1H3,(H,25,28). The van der Waals surface area contributed by atoms with Gasteiger partial charge in [-0.3, -0.25) is 19.3 Å². The molecule has 0 unspecified atom stereocenters. The van der Waals surface area contributed by atoms with E-state index in [1.165, 1.54) is 6.92 Å². The van der Waals surface area contributed by atoms with Crippen molar-refractivity contribution in [2.75, 3.05) is 18.4 Å². The zero-order chi connectivity index (χ0) is 21.1. The van der Waals surface area contributed by atoms with E-state index in [-0.39, 0.29) is 18.2 Å². The van der Waals surface area contributed by atoms with E-state index in [0.717, 1.165) is 16.6 Å².